The first kappa shape index (κ1) is 8.04. The van der Waals surface area contributed by atoms with Gasteiger partial charge in [0.25, 0.3) is 0 Å². The Labute approximate surface area is 78.2 Å². The number of pyridine rings is 1. The lowest BCUT2D eigenvalue weighted by Crippen LogP contribution is -2.26. The molecular formula is C9H8BN3. The van der Waals surface area contributed by atoms with E-state index in [1.54, 1.807) is 12.4 Å². The number of aliphatic imine (C=N–C) groups is 1. The molecule has 62 valence electrons. The molecule has 0 amide bonds. The molecule has 2 rings (SSSR count). The van der Waals surface area contributed by atoms with E-state index >= 15 is 0 Å². The first-order valence-corrected chi connectivity index (χ1v) is 3.93. The van der Waals surface area contributed by atoms with Crippen LogP contribution in [0.25, 0.3) is 5.70 Å². The second-order valence-corrected chi connectivity index (χ2v) is 2.87. The fraction of sp³-hybridized carbons (Fsp3) is 0.111. The Hall–Kier alpha value is -1.58. The Morgan fingerprint density at radius 2 is 2.31 bits per heavy atom. The maximum Gasteiger partial charge on any atom is 0.236 e. The lowest BCUT2D eigenvalue weighted by molar-refractivity contribution is 0.906. The molecule has 0 saturated carbocycles. The molecule has 1 aliphatic rings. The molecule has 2 heterocycles. The molecule has 1 aromatic heterocycles. The van der Waals surface area contributed by atoms with Crippen molar-refractivity contribution < 1.29 is 0 Å². The van der Waals surface area contributed by atoms with Gasteiger partial charge in [-0.2, -0.15) is 0 Å². The first-order chi connectivity index (χ1) is 6.20. The van der Waals surface area contributed by atoms with Crippen molar-refractivity contribution in [3.05, 3.63) is 30.6 Å². The number of hydrogen-bond donors (Lipinski definition) is 0. The molecule has 3 nitrogen and oxygen atoms in total. The van der Waals surface area contributed by atoms with Gasteiger partial charge in [-0.25, -0.2) is 4.99 Å². The maximum atomic E-state index is 5.71. The molecule has 0 bridgehead atoms. The Bertz CT molecular complexity index is 398. The van der Waals surface area contributed by atoms with Crippen LogP contribution in [0.4, 0.5) is 5.69 Å². The molecule has 0 fully saturated rings. The molecule has 0 unspecified atom stereocenters. The van der Waals surface area contributed by atoms with Crippen molar-refractivity contribution in [3.8, 4) is 0 Å². The van der Waals surface area contributed by atoms with Crippen molar-refractivity contribution in [2.45, 2.75) is 6.92 Å². The molecule has 0 saturated heterocycles. The summed E-state index contributed by atoms with van der Waals surface area (Å²) in [4.78, 5) is 9.75. The summed E-state index contributed by atoms with van der Waals surface area (Å²) in [6, 6.07) is 1.84. The summed E-state index contributed by atoms with van der Waals surface area (Å²) in [5, 5.41) is 0. The largest absolute Gasteiger partial charge is 0.387 e. The van der Waals surface area contributed by atoms with Gasteiger partial charge in [0, 0.05) is 23.7 Å². The molecule has 0 spiro atoms. The van der Waals surface area contributed by atoms with E-state index in [1.807, 2.05) is 13.0 Å². The van der Waals surface area contributed by atoms with Crippen LogP contribution in [0.2, 0.25) is 0 Å². The van der Waals surface area contributed by atoms with Crippen LogP contribution in [0.3, 0.4) is 0 Å². The van der Waals surface area contributed by atoms with E-state index in [-0.39, 0.29) is 0 Å². The summed E-state index contributed by atoms with van der Waals surface area (Å²) >= 11 is 0. The SMILES string of the molecule is [B]N1C(=C)c2cnccc2N=C1C. The van der Waals surface area contributed by atoms with Gasteiger partial charge in [0.1, 0.15) is 0 Å². The van der Waals surface area contributed by atoms with Gasteiger partial charge in [0.05, 0.1) is 11.5 Å². The number of rotatable bonds is 0. The van der Waals surface area contributed by atoms with Crippen molar-refractivity contribution in [3.63, 3.8) is 0 Å². The van der Waals surface area contributed by atoms with Crippen LogP contribution in [0, 0.1) is 0 Å². The highest BCUT2D eigenvalue weighted by molar-refractivity contribution is 6.22. The van der Waals surface area contributed by atoms with Crippen LogP contribution in [0.5, 0.6) is 0 Å². The second-order valence-electron chi connectivity index (χ2n) is 2.87. The lowest BCUT2D eigenvalue weighted by Gasteiger charge is -2.27. The molecule has 0 atom stereocenters. The van der Waals surface area contributed by atoms with E-state index in [2.05, 4.69) is 16.6 Å². The molecule has 0 aromatic carbocycles. The van der Waals surface area contributed by atoms with Gasteiger partial charge in [-0.05, 0) is 13.0 Å². The van der Waals surface area contributed by atoms with Crippen LogP contribution >= 0.6 is 0 Å². The summed E-state index contributed by atoms with van der Waals surface area (Å²) in [5.74, 6) is 0.740. The summed E-state index contributed by atoms with van der Waals surface area (Å²) < 4.78 is 0. The normalized spacial score (nSPS) is 15.3. The van der Waals surface area contributed by atoms with E-state index < -0.39 is 0 Å². The molecule has 4 heteroatoms. The zero-order valence-corrected chi connectivity index (χ0v) is 7.36. The second kappa shape index (κ2) is 2.73. The van der Waals surface area contributed by atoms with Crippen molar-refractivity contribution >= 4 is 25.2 Å². The predicted molar refractivity (Wildman–Crippen MR) is 53.6 cm³/mol. The molecule has 2 radical (unpaired) electrons. The Morgan fingerprint density at radius 3 is 3.08 bits per heavy atom. The minimum atomic E-state index is 0.732. The Kier molecular flexibility index (Phi) is 1.69. The third kappa shape index (κ3) is 1.14. The number of fused-ring (bicyclic) bond motifs is 1. The molecule has 1 aromatic rings. The third-order valence-electron chi connectivity index (χ3n) is 2.03. The average Bonchev–Trinajstić information content (AvgIpc) is 2.15. The molecule has 0 aliphatic carbocycles. The van der Waals surface area contributed by atoms with E-state index in [1.165, 1.54) is 4.81 Å². The van der Waals surface area contributed by atoms with E-state index in [0.717, 1.165) is 22.8 Å². The molecule has 0 N–H and O–H groups in total. The molecular weight excluding hydrogens is 161 g/mol. The van der Waals surface area contributed by atoms with E-state index in [9.17, 15) is 0 Å². The summed E-state index contributed by atoms with van der Waals surface area (Å²) in [7, 11) is 5.71. The summed E-state index contributed by atoms with van der Waals surface area (Å²) in [5.41, 5.74) is 2.49. The van der Waals surface area contributed by atoms with Crippen LogP contribution in [0.1, 0.15) is 12.5 Å². The highest BCUT2D eigenvalue weighted by Gasteiger charge is 2.16. The van der Waals surface area contributed by atoms with Gasteiger partial charge >= 0.3 is 0 Å². The minimum Gasteiger partial charge on any atom is -0.387 e. The first-order valence-electron chi connectivity index (χ1n) is 3.93. The van der Waals surface area contributed by atoms with Gasteiger partial charge in [-0.15, -0.1) is 0 Å². The van der Waals surface area contributed by atoms with Crippen LogP contribution in [0.15, 0.2) is 30.0 Å². The standard InChI is InChI=1S/C9H8BN3/c1-6-8-5-11-4-3-9(8)12-7(2)13(6)10/h3-5H,1H2,2H3. The van der Waals surface area contributed by atoms with Crippen molar-refractivity contribution in [2.75, 3.05) is 0 Å². The third-order valence-corrected chi connectivity index (χ3v) is 2.03. The van der Waals surface area contributed by atoms with Crippen LogP contribution in [-0.2, 0) is 0 Å². The number of amidine groups is 1. The number of hydrogen-bond acceptors (Lipinski definition) is 3. The van der Waals surface area contributed by atoms with Gasteiger partial charge < -0.3 is 4.81 Å². The predicted octanol–water partition coefficient (Wildman–Crippen LogP) is 1.50. The minimum absolute atomic E-state index is 0.732. The highest BCUT2D eigenvalue weighted by Crippen LogP contribution is 2.30. The molecule has 1 aliphatic heterocycles. The Morgan fingerprint density at radius 1 is 1.54 bits per heavy atom. The van der Waals surface area contributed by atoms with Crippen molar-refractivity contribution in [1.82, 2.24) is 9.79 Å². The van der Waals surface area contributed by atoms with Gasteiger partial charge in [-0.1, -0.05) is 6.58 Å². The zero-order valence-electron chi connectivity index (χ0n) is 7.36. The highest BCUT2D eigenvalue weighted by atomic mass is 15.1. The number of aromatic nitrogens is 1. The number of nitrogens with zero attached hydrogens (tertiary/aromatic N) is 3. The average molecular weight is 169 g/mol. The van der Waals surface area contributed by atoms with E-state index in [0.29, 0.717) is 0 Å². The quantitative estimate of drug-likeness (QED) is 0.550. The van der Waals surface area contributed by atoms with Gasteiger partial charge in [-0.3, -0.25) is 4.98 Å². The van der Waals surface area contributed by atoms with Gasteiger partial charge in [0.15, 0.2) is 0 Å². The summed E-state index contributed by atoms with van der Waals surface area (Å²) in [6.45, 7) is 5.71. The fourth-order valence-electron chi connectivity index (χ4n) is 1.26. The van der Waals surface area contributed by atoms with Gasteiger partial charge in [0.2, 0.25) is 7.98 Å². The fourth-order valence-corrected chi connectivity index (χ4v) is 1.26. The van der Waals surface area contributed by atoms with Crippen molar-refractivity contribution in [1.29, 1.82) is 0 Å². The maximum absolute atomic E-state index is 5.71. The zero-order chi connectivity index (χ0) is 9.42. The summed E-state index contributed by atoms with van der Waals surface area (Å²) in [6.07, 6.45) is 3.42. The Balaban J connectivity index is 2.63. The molecule has 13 heavy (non-hydrogen) atoms. The topological polar surface area (TPSA) is 28.5 Å². The van der Waals surface area contributed by atoms with Crippen LogP contribution < -0.4 is 0 Å². The van der Waals surface area contributed by atoms with Crippen molar-refractivity contribution in [2.24, 2.45) is 4.99 Å². The monoisotopic (exact) mass is 169 g/mol. The van der Waals surface area contributed by atoms with Crippen LogP contribution in [-0.4, -0.2) is 23.6 Å². The van der Waals surface area contributed by atoms with E-state index in [4.69, 9.17) is 7.98 Å². The smallest absolute Gasteiger partial charge is 0.236 e. The lowest BCUT2D eigenvalue weighted by atomic mass is 10.1.